The summed E-state index contributed by atoms with van der Waals surface area (Å²) in [4.78, 5) is 22.4. The molecule has 0 aliphatic carbocycles. The van der Waals surface area contributed by atoms with Crippen molar-refractivity contribution < 1.29 is 22.3 Å². The molecule has 1 amide bonds. The highest BCUT2D eigenvalue weighted by Gasteiger charge is 2.21. The van der Waals surface area contributed by atoms with Crippen molar-refractivity contribution in [1.82, 2.24) is 0 Å². The van der Waals surface area contributed by atoms with Crippen LogP contribution in [0.25, 0.3) is 0 Å². The lowest BCUT2D eigenvalue weighted by atomic mass is 10.1. The lowest BCUT2D eigenvalue weighted by Crippen LogP contribution is -2.15. The van der Waals surface area contributed by atoms with Crippen molar-refractivity contribution in [3.8, 4) is 5.75 Å². The molecule has 0 bridgehead atoms. The maximum atomic E-state index is 12.6. The van der Waals surface area contributed by atoms with Crippen LogP contribution in [0.3, 0.4) is 0 Å². The molecule has 0 fully saturated rings. The third kappa shape index (κ3) is 4.76. The first-order chi connectivity index (χ1) is 14.2. The number of carbonyl (C=O) groups is 1. The highest BCUT2D eigenvalue weighted by molar-refractivity contribution is 7.87. The molecule has 0 aliphatic heterocycles. The van der Waals surface area contributed by atoms with Gasteiger partial charge in [0, 0.05) is 17.8 Å². The first kappa shape index (κ1) is 21.3. The van der Waals surface area contributed by atoms with E-state index in [0.29, 0.717) is 5.69 Å². The minimum atomic E-state index is -4.31. The number of halogens is 1. The average Bonchev–Trinajstić information content (AvgIpc) is 2.70. The number of aryl methyl sites for hydroxylation is 1. The zero-order chi connectivity index (χ0) is 21.9. The van der Waals surface area contributed by atoms with Crippen LogP contribution in [0, 0.1) is 17.0 Å². The second kappa shape index (κ2) is 8.52. The molecule has 0 aliphatic rings. The van der Waals surface area contributed by atoms with Crippen molar-refractivity contribution in [2.24, 2.45) is 0 Å². The van der Waals surface area contributed by atoms with E-state index in [9.17, 15) is 23.3 Å². The molecule has 3 aromatic rings. The van der Waals surface area contributed by atoms with Crippen LogP contribution in [0.4, 0.5) is 11.4 Å². The van der Waals surface area contributed by atoms with Crippen molar-refractivity contribution in [1.29, 1.82) is 0 Å². The quantitative estimate of drug-likeness (QED) is 0.336. The van der Waals surface area contributed by atoms with Crippen molar-refractivity contribution in [2.45, 2.75) is 11.8 Å². The fourth-order valence-corrected chi connectivity index (χ4v) is 3.70. The monoisotopic (exact) mass is 446 g/mol. The zero-order valence-corrected chi connectivity index (χ0v) is 17.1. The van der Waals surface area contributed by atoms with E-state index in [1.807, 2.05) is 19.1 Å². The number of hydrogen-bond donors (Lipinski definition) is 1. The zero-order valence-electron chi connectivity index (χ0n) is 15.5. The van der Waals surface area contributed by atoms with Crippen LogP contribution in [0.2, 0.25) is 5.02 Å². The van der Waals surface area contributed by atoms with E-state index in [0.717, 1.165) is 35.9 Å². The fourth-order valence-electron chi connectivity index (χ4n) is 2.53. The summed E-state index contributed by atoms with van der Waals surface area (Å²) in [7, 11) is -4.31. The Kier molecular flexibility index (Phi) is 6.04. The van der Waals surface area contributed by atoms with Gasteiger partial charge in [-0.05, 0) is 48.9 Å². The molecule has 0 radical (unpaired) electrons. The van der Waals surface area contributed by atoms with Crippen molar-refractivity contribution in [3.63, 3.8) is 0 Å². The lowest BCUT2D eigenvalue weighted by molar-refractivity contribution is -0.384. The number of nitro groups is 1. The molecule has 3 rings (SSSR count). The molecule has 30 heavy (non-hydrogen) atoms. The van der Waals surface area contributed by atoms with Gasteiger partial charge < -0.3 is 9.50 Å². The molecular weight excluding hydrogens is 432 g/mol. The van der Waals surface area contributed by atoms with Gasteiger partial charge in [-0.15, -0.1) is 0 Å². The third-order valence-electron chi connectivity index (χ3n) is 4.12. The summed E-state index contributed by atoms with van der Waals surface area (Å²) in [6, 6.07) is 15.3. The molecule has 0 saturated carbocycles. The van der Waals surface area contributed by atoms with E-state index in [4.69, 9.17) is 15.8 Å². The number of benzene rings is 3. The Balaban J connectivity index is 1.86. The Morgan fingerprint density at radius 1 is 1.07 bits per heavy atom. The maximum absolute atomic E-state index is 12.6. The molecule has 154 valence electrons. The SMILES string of the molecule is Cc1ccccc1NC(=O)c1cc(S(=O)(=O)Oc2ccc([N+](=O)[O-])cc2)ccc1Cl. The largest absolute Gasteiger partial charge is 0.379 e. The molecule has 0 unspecified atom stereocenters. The summed E-state index contributed by atoms with van der Waals surface area (Å²) in [5.41, 5.74) is 1.14. The molecule has 0 atom stereocenters. The van der Waals surface area contributed by atoms with Gasteiger partial charge in [-0.25, -0.2) is 0 Å². The van der Waals surface area contributed by atoms with Gasteiger partial charge in [0.15, 0.2) is 0 Å². The number of para-hydroxylation sites is 1. The molecule has 0 saturated heterocycles. The second-order valence-electron chi connectivity index (χ2n) is 6.20. The number of nitrogens with one attached hydrogen (secondary N) is 1. The third-order valence-corrected chi connectivity index (χ3v) is 5.69. The van der Waals surface area contributed by atoms with Gasteiger partial charge in [-0.3, -0.25) is 14.9 Å². The van der Waals surface area contributed by atoms with E-state index >= 15 is 0 Å². The van der Waals surface area contributed by atoms with E-state index in [1.165, 1.54) is 12.1 Å². The molecule has 8 nitrogen and oxygen atoms in total. The predicted octanol–water partition coefficient (Wildman–Crippen LogP) is 4.58. The fraction of sp³-hybridized carbons (Fsp3) is 0.0500. The van der Waals surface area contributed by atoms with Gasteiger partial charge in [-0.1, -0.05) is 29.8 Å². The Morgan fingerprint density at radius 2 is 1.73 bits per heavy atom. The standard InChI is InChI=1S/C20H15ClN2O6S/c1-13-4-2-3-5-19(13)22-20(24)17-12-16(10-11-18(17)21)30(27,28)29-15-8-6-14(7-9-15)23(25)26/h2-12H,1H3,(H,22,24). The van der Waals surface area contributed by atoms with Gasteiger partial charge in [0.25, 0.3) is 11.6 Å². The molecule has 10 heteroatoms. The van der Waals surface area contributed by atoms with Crippen molar-refractivity contribution >= 4 is 39.0 Å². The minimum Gasteiger partial charge on any atom is -0.379 e. The molecular formula is C20H15ClN2O6S. The first-order valence-electron chi connectivity index (χ1n) is 8.53. The molecule has 3 aromatic carbocycles. The van der Waals surface area contributed by atoms with Crippen molar-refractivity contribution in [3.05, 3.63) is 93.0 Å². The highest BCUT2D eigenvalue weighted by atomic mass is 35.5. The van der Waals surface area contributed by atoms with E-state index in [2.05, 4.69) is 5.32 Å². The van der Waals surface area contributed by atoms with Crippen LogP contribution in [-0.4, -0.2) is 19.2 Å². The summed E-state index contributed by atoms with van der Waals surface area (Å²) in [6.07, 6.45) is 0. The molecule has 0 aromatic heterocycles. The van der Waals surface area contributed by atoms with Crippen LogP contribution < -0.4 is 9.50 Å². The van der Waals surface area contributed by atoms with Crippen LogP contribution >= 0.6 is 11.6 Å². The second-order valence-corrected chi connectivity index (χ2v) is 8.15. The van der Waals surface area contributed by atoms with Crippen LogP contribution in [0.5, 0.6) is 5.75 Å². The van der Waals surface area contributed by atoms with Crippen LogP contribution in [-0.2, 0) is 10.1 Å². The lowest BCUT2D eigenvalue weighted by Gasteiger charge is -2.11. The first-order valence-corrected chi connectivity index (χ1v) is 10.3. The number of anilines is 1. The summed E-state index contributed by atoms with van der Waals surface area (Å²) < 4.78 is 30.2. The summed E-state index contributed by atoms with van der Waals surface area (Å²) >= 11 is 6.09. The Hall–Kier alpha value is -3.43. The van der Waals surface area contributed by atoms with E-state index < -0.39 is 20.9 Å². The van der Waals surface area contributed by atoms with Gasteiger partial charge in [0.2, 0.25) is 0 Å². The molecule has 1 N–H and O–H groups in total. The summed E-state index contributed by atoms with van der Waals surface area (Å²) in [6.45, 7) is 1.82. The molecule has 0 heterocycles. The number of hydrogen-bond acceptors (Lipinski definition) is 6. The summed E-state index contributed by atoms with van der Waals surface area (Å²) in [5, 5.41) is 13.5. The Labute approximate surface area is 177 Å². The van der Waals surface area contributed by atoms with Gasteiger partial charge in [0.05, 0.1) is 15.5 Å². The minimum absolute atomic E-state index is 0.0479. The van der Waals surface area contributed by atoms with E-state index in [-0.39, 0.29) is 26.9 Å². The summed E-state index contributed by atoms with van der Waals surface area (Å²) in [5.74, 6) is -0.692. The van der Waals surface area contributed by atoms with Gasteiger partial charge in [-0.2, -0.15) is 8.42 Å². The number of nitro benzene ring substituents is 1. The van der Waals surface area contributed by atoms with Crippen LogP contribution in [0.1, 0.15) is 15.9 Å². The predicted molar refractivity (Wildman–Crippen MR) is 111 cm³/mol. The number of non-ortho nitro benzene ring substituents is 1. The smallest absolute Gasteiger partial charge is 0.339 e. The van der Waals surface area contributed by atoms with Gasteiger partial charge >= 0.3 is 10.1 Å². The average molecular weight is 447 g/mol. The normalized spacial score (nSPS) is 11.0. The maximum Gasteiger partial charge on any atom is 0.339 e. The van der Waals surface area contributed by atoms with E-state index in [1.54, 1.807) is 12.1 Å². The molecule has 0 spiro atoms. The Morgan fingerprint density at radius 3 is 2.37 bits per heavy atom. The highest BCUT2D eigenvalue weighted by Crippen LogP contribution is 2.26. The topological polar surface area (TPSA) is 116 Å². The number of rotatable bonds is 6. The van der Waals surface area contributed by atoms with Crippen LogP contribution in [0.15, 0.2) is 71.6 Å². The van der Waals surface area contributed by atoms with Gasteiger partial charge in [0.1, 0.15) is 10.6 Å². The number of nitrogens with zero attached hydrogens (tertiary/aromatic N) is 1. The number of carbonyl (C=O) groups excluding carboxylic acids is 1. The number of amides is 1. The Bertz CT molecular complexity index is 1230. The van der Waals surface area contributed by atoms with Crippen molar-refractivity contribution in [2.75, 3.05) is 5.32 Å².